The highest BCUT2D eigenvalue weighted by Gasteiger charge is 2.30. The number of carbonyl (C=O) groups is 2. The van der Waals surface area contributed by atoms with Gasteiger partial charge in [-0.3, -0.25) is 15.0 Å². The molecule has 1 aliphatic carbocycles. The topological polar surface area (TPSA) is 49.4 Å². The molecule has 4 heteroatoms. The van der Waals surface area contributed by atoms with Crippen LogP contribution in [0.5, 0.6) is 0 Å². The van der Waals surface area contributed by atoms with Crippen molar-refractivity contribution in [3.8, 4) is 0 Å². The molecule has 0 saturated carbocycles. The molecule has 0 radical (unpaired) electrons. The molecule has 23 heavy (non-hydrogen) atoms. The molecule has 2 amide bonds. The van der Waals surface area contributed by atoms with Crippen LogP contribution >= 0.6 is 0 Å². The van der Waals surface area contributed by atoms with E-state index in [4.69, 9.17) is 0 Å². The highest BCUT2D eigenvalue weighted by molar-refractivity contribution is 5.99. The summed E-state index contributed by atoms with van der Waals surface area (Å²) in [5.41, 5.74) is 4.69. The maximum absolute atomic E-state index is 12.9. The fourth-order valence-corrected chi connectivity index (χ4v) is 2.65. The first-order chi connectivity index (χ1) is 10.8. The van der Waals surface area contributed by atoms with Crippen molar-refractivity contribution in [2.24, 2.45) is 0 Å². The first kappa shape index (κ1) is 17.3. The van der Waals surface area contributed by atoms with Crippen LogP contribution in [0.2, 0.25) is 0 Å². The number of nitrogens with one attached hydrogen (secondary N) is 1. The van der Waals surface area contributed by atoms with E-state index in [-0.39, 0.29) is 11.8 Å². The predicted octanol–water partition coefficient (Wildman–Crippen LogP) is 3.77. The van der Waals surface area contributed by atoms with Crippen LogP contribution in [0.15, 0.2) is 35.9 Å². The van der Waals surface area contributed by atoms with Gasteiger partial charge in [0.2, 0.25) is 0 Å². The molecular weight excluding hydrogens is 288 g/mol. The number of benzene rings is 1. The molecule has 0 bridgehead atoms. The largest absolute Gasteiger partial charge is 0.272 e. The van der Waals surface area contributed by atoms with Gasteiger partial charge in [-0.05, 0) is 65.5 Å². The van der Waals surface area contributed by atoms with E-state index in [9.17, 15) is 9.59 Å². The van der Waals surface area contributed by atoms with E-state index >= 15 is 0 Å². The van der Waals surface area contributed by atoms with Gasteiger partial charge in [-0.1, -0.05) is 23.8 Å². The third-order valence-electron chi connectivity index (χ3n) is 3.93. The van der Waals surface area contributed by atoms with E-state index in [2.05, 4.69) is 5.43 Å². The van der Waals surface area contributed by atoms with Crippen molar-refractivity contribution in [1.82, 2.24) is 10.4 Å². The number of hydrazine groups is 1. The Hall–Kier alpha value is -2.10. The number of allylic oxidation sites excluding steroid dienone is 1. The second kappa shape index (κ2) is 6.99. The summed E-state index contributed by atoms with van der Waals surface area (Å²) in [6, 6.07) is 7.42. The third-order valence-corrected chi connectivity index (χ3v) is 3.93. The Labute approximate surface area is 138 Å². The number of nitrogens with zero attached hydrogens (tertiary/aromatic N) is 1. The van der Waals surface area contributed by atoms with E-state index in [0.29, 0.717) is 5.56 Å². The lowest BCUT2D eigenvalue weighted by Gasteiger charge is -2.36. The minimum Gasteiger partial charge on any atom is -0.268 e. The molecule has 1 N–H and O–H groups in total. The normalized spacial score (nSPS) is 14.9. The van der Waals surface area contributed by atoms with Crippen LogP contribution in [0.3, 0.4) is 0 Å². The third kappa shape index (κ3) is 4.44. The molecule has 0 heterocycles. The monoisotopic (exact) mass is 314 g/mol. The van der Waals surface area contributed by atoms with Gasteiger partial charge < -0.3 is 0 Å². The molecule has 124 valence electrons. The summed E-state index contributed by atoms with van der Waals surface area (Å²) in [6.07, 6.45) is 5.85. The molecule has 2 rings (SSSR count). The maximum atomic E-state index is 12.9. The van der Waals surface area contributed by atoms with Crippen LogP contribution in [0, 0.1) is 6.92 Å². The molecule has 1 aromatic carbocycles. The van der Waals surface area contributed by atoms with E-state index in [0.717, 1.165) is 36.8 Å². The zero-order chi connectivity index (χ0) is 17.0. The van der Waals surface area contributed by atoms with Crippen LogP contribution in [0.1, 0.15) is 62.4 Å². The van der Waals surface area contributed by atoms with Gasteiger partial charge in [0.1, 0.15) is 0 Å². The Morgan fingerprint density at radius 1 is 1.17 bits per heavy atom. The summed E-state index contributed by atoms with van der Waals surface area (Å²) in [5.74, 6) is -0.355. The van der Waals surface area contributed by atoms with Gasteiger partial charge >= 0.3 is 0 Å². The van der Waals surface area contributed by atoms with Crippen molar-refractivity contribution in [2.45, 2.75) is 58.9 Å². The zero-order valence-electron chi connectivity index (χ0n) is 14.5. The van der Waals surface area contributed by atoms with Crippen molar-refractivity contribution in [3.63, 3.8) is 0 Å². The van der Waals surface area contributed by atoms with Gasteiger partial charge in [0, 0.05) is 11.1 Å². The Morgan fingerprint density at radius 2 is 1.91 bits per heavy atom. The number of amides is 2. The Morgan fingerprint density at radius 3 is 2.48 bits per heavy atom. The summed E-state index contributed by atoms with van der Waals surface area (Å²) < 4.78 is 0. The summed E-state index contributed by atoms with van der Waals surface area (Å²) >= 11 is 0. The number of hydrogen-bond donors (Lipinski definition) is 1. The average Bonchev–Trinajstić information content (AvgIpc) is 2.51. The molecule has 0 atom stereocenters. The summed E-state index contributed by atoms with van der Waals surface area (Å²) in [6.45, 7) is 7.69. The van der Waals surface area contributed by atoms with Crippen LogP contribution in [0.25, 0.3) is 0 Å². The minimum absolute atomic E-state index is 0.166. The highest BCUT2D eigenvalue weighted by Crippen LogP contribution is 2.20. The minimum atomic E-state index is -0.508. The Bertz CT molecular complexity index is 627. The van der Waals surface area contributed by atoms with Crippen molar-refractivity contribution < 1.29 is 9.59 Å². The lowest BCUT2D eigenvalue weighted by atomic mass is 9.99. The lowest BCUT2D eigenvalue weighted by Crippen LogP contribution is -2.56. The number of carbonyl (C=O) groups excluding carboxylic acids is 2. The maximum Gasteiger partial charge on any atom is 0.272 e. The van der Waals surface area contributed by atoms with E-state index < -0.39 is 5.54 Å². The molecular formula is C19H26N2O2. The van der Waals surface area contributed by atoms with Gasteiger partial charge in [0.15, 0.2) is 0 Å². The first-order valence-corrected chi connectivity index (χ1v) is 8.20. The fraction of sp³-hybridized carbons (Fsp3) is 0.474. The molecule has 1 aromatic rings. The summed E-state index contributed by atoms with van der Waals surface area (Å²) in [4.78, 5) is 25.3. The Balaban J connectivity index is 2.22. The van der Waals surface area contributed by atoms with Crippen molar-refractivity contribution in [3.05, 3.63) is 47.0 Å². The lowest BCUT2D eigenvalue weighted by molar-refractivity contribution is -0.123. The number of hydrogen-bond acceptors (Lipinski definition) is 2. The quantitative estimate of drug-likeness (QED) is 0.845. The SMILES string of the molecule is Cc1cccc(C(=O)N(NC(=O)C2=CCCCC2)C(C)(C)C)c1. The number of aryl methyl sites for hydroxylation is 1. The van der Waals surface area contributed by atoms with E-state index in [1.807, 2.05) is 52.0 Å². The van der Waals surface area contributed by atoms with Gasteiger partial charge in [-0.15, -0.1) is 0 Å². The van der Waals surface area contributed by atoms with Crippen molar-refractivity contribution >= 4 is 11.8 Å². The Kier molecular flexibility index (Phi) is 5.24. The number of rotatable bonds is 2. The highest BCUT2D eigenvalue weighted by atomic mass is 16.2. The molecule has 4 nitrogen and oxygen atoms in total. The smallest absolute Gasteiger partial charge is 0.268 e. The van der Waals surface area contributed by atoms with Crippen LogP contribution in [-0.2, 0) is 4.79 Å². The second-order valence-corrected chi connectivity index (χ2v) is 7.10. The average molecular weight is 314 g/mol. The molecule has 0 spiro atoms. The second-order valence-electron chi connectivity index (χ2n) is 7.10. The van der Waals surface area contributed by atoms with E-state index in [1.54, 1.807) is 6.07 Å². The van der Waals surface area contributed by atoms with Crippen molar-refractivity contribution in [2.75, 3.05) is 0 Å². The summed E-state index contributed by atoms with van der Waals surface area (Å²) in [7, 11) is 0. The van der Waals surface area contributed by atoms with Gasteiger partial charge in [-0.25, -0.2) is 5.01 Å². The van der Waals surface area contributed by atoms with Gasteiger partial charge in [0.05, 0.1) is 5.54 Å². The first-order valence-electron chi connectivity index (χ1n) is 8.20. The van der Waals surface area contributed by atoms with Crippen LogP contribution in [-0.4, -0.2) is 22.4 Å². The molecule has 0 unspecified atom stereocenters. The molecule has 0 aromatic heterocycles. The molecule has 0 fully saturated rings. The molecule has 0 aliphatic heterocycles. The van der Waals surface area contributed by atoms with Gasteiger partial charge in [0.25, 0.3) is 11.8 Å². The fourth-order valence-electron chi connectivity index (χ4n) is 2.65. The predicted molar refractivity (Wildman–Crippen MR) is 91.8 cm³/mol. The van der Waals surface area contributed by atoms with Crippen LogP contribution in [0.4, 0.5) is 0 Å². The zero-order valence-corrected chi connectivity index (χ0v) is 14.5. The van der Waals surface area contributed by atoms with Gasteiger partial charge in [-0.2, -0.15) is 0 Å². The summed E-state index contributed by atoms with van der Waals surface area (Å²) in [5, 5.41) is 1.44. The standard InChI is InChI=1S/C19H26N2O2/c1-14-9-8-12-16(13-14)18(23)21(19(2,3)4)20-17(22)15-10-6-5-7-11-15/h8-10,12-13H,5-7,11H2,1-4H3,(H,20,22). The van der Waals surface area contributed by atoms with E-state index in [1.165, 1.54) is 5.01 Å². The molecule has 0 saturated heterocycles. The molecule has 1 aliphatic rings. The van der Waals surface area contributed by atoms with Crippen LogP contribution < -0.4 is 5.43 Å². The van der Waals surface area contributed by atoms with Crippen molar-refractivity contribution in [1.29, 1.82) is 0 Å².